The summed E-state index contributed by atoms with van der Waals surface area (Å²) < 4.78 is 27.8. The SMILES string of the molecule is C=C1CC(C2SC(C)C2C(C)P(C(C)(C)C)C(C)(C)C)C(P(c2ccc(F)cc2)c2ccc(F)cc2)C1. The lowest BCUT2D eigenvalue weighted by Crippen LogP contribution is -2.52. The number of benzene rings is 2. The van der Waals surface area contributed by atoms with Crippen LogP contribution in [0, 0.1) is 23.5 Å². The number of allylic oxidation sites excluding steroid dienone is 1. The smallest absolute Gasteiger partial charge is 0.123 e. The first-order valence-corrected chi connectivity index (χ1v) is 17.4. The highest BCUT2D eigenvalue weighted by molar-refractivity contribution is 8.02. The van der Waals surface area contributed by atoms with E-state index in [0.717, 1.165) is 12.8 Å². The Morgan fingerprint density at radius 1 is 0.838 bits per heavy atom. The molecule has 37 heavy (non-hydrogen) atoms. The van der Waals surface area contributed by atoms with Gasteiger partial charge in [0.05, 0.1) is 0 Å². The lowest BCUT2D eigenvalue weighted by Gasteiger charge is -2.56. The van der Waals surface area contributed by atoms with E-state index in [1.165, 1.54) is 16.2 Å². The summed E-state index contributed by atoms with van der Waals surface area (Å²) in [6.07, 6.45) is 2.08. The van der Waals surface area contributed by atoms with Crippen molar-refractivity contribution in [3.63, 3.8) is 0 Å². The molecule has 2 aromatic carbocycles. The largest absolute Gasteiger partial charge is 0.207 e. The molecule has 6 atom stereocenters. The number of thioether (sulfide) groups is 1. The molecule has 6 unspecified atom stereocenters. The Kier molecular flexibility index (Phi) is 8.71. The molecule has 202 valence electrons. The van der Waals surface area contributed by atoms with Gasteiger partial charge in [-0.05, 0) is 89.1 Å². The van der Waals surface area contributed by atoms with Gasteiger partial charge in [-0.15, -0.1) is 0 Å². The molecule has 0 spiro atoms. The van der Waals surface area contributed by atoms with Crippen LogP contribution >= 0.6 is 27.6 Å². The minimum atomic E-state index is -0.762. The second kappa shape index (κ2) is 11.0. The number of rotatable bonds is 6. The summed E-state index contributed by atoms with van der Waals surface area (Å²) in [6, 6.07) is 14.1. The predicted octanol–water partition coefficient (Wildman–Crippen LogP) is 9.32. The van der Waals surface area contributed by atoms with Crippen molar-refractivity contribution in [1.29, 1.82) is 0 Å². The van der Waals surface area contributed by atoms with Crippen LogP contribution in [-0.4, -0.2) is 32.1 Å². The Balaban J connectivity index is 1.71. The molecule has 2 fully saturated rings. The monoisotopic (exact) mass is 560 g/mol. The van der Waals surface area contributed by atoms with Crippen molar-refractivity contribution in [2.24, 2.45) is 11.8 Å². The molecule has 2 aliphatic rings. The van der Waals surface area contributed by atoms with Gasteiger partial charge in [0, 0.05) is 10.5 Å². The normalized spacial score (nSPS) is 27.6. The van der Waals surface area contributed by atoms with Crippen LogP contribution in [0.3, 0.4) is 0 Å². The molecule has 0 nitrogen and oxygen atoms in total. The zero-order valence-corrected chi connectivity index (χ0v) is 26.4. The highest BCUT2D eigenvalue weighted by Gasteiger charge is 2.54. The first-order valence-electron chi connectivity index (χ1n) is 13.6. The number of hydrogen-bond donors (Lipinski definition) is 0. The van der Waals surface area contributed by atoms with E-state index in [-0.39, 0.29) is 19.6 Å². The molecule has 1 aliphatic heterocycles. The quantitative estimate of drug-likeness (QED) is 0.251. The number of hydrogen-bond acceptors (Lipinski definition) is 1. The first-order chi connectivity index (χ1) is 17.2. The zero-order valence-electron chi connectivity index (χ0n) is 23.8. The van der Waals surface area contributed by atoms with E-state index in [2.05, 4.69) is 73.7 Å². The lowest BCUT2D eigenvalue weighted by molar-refractivity contribution is 0.353. The van der Waals surface area contributed by atoms with Gasteiger partial charge in [0.2, 0.25) is 0 Å². The van der Waals surface area contributed by atoms with Crippen molar-refractivity contribution in [2.75, 3.05) is 0 Å². The fourth-order valence-corrected chi connectivity index (χ4v) is 18.1. The molecule has 1 saturated carbocycles. The van der Waals surface area contributed by atoms with Crippen LogP contribution in [-0.2, 0) is 0 Å². The minimum Gasteiger partial charge on any atom is -0.207 e. The molecular formula is C32H44F2P2S. The van der Waals surface area contributed by atoms with E-state index in [1.807, 2.05) is 24.3 Å². The second-order valence-electron chi connectivity index (χ2n) is 13.0. The topological polar surface area (TPSA) is 0 Å². The maximum Gasteiger partial charge on any atom is 0.123 e. The molecular weight excluding hydrogens is 516 g/mol. The summed E-state index contributed by atoms with van der Waals surface area (Å²) in [4.78, 5) is 0. The van der Waals surface area contributed by atoms with Crippen LogP contribution < -0.4 is 10.6 Å². The van der Waals surface area contributed by atoms with Crippen LogP contribution in [0.5, 0.6) is 0 Å². The average Bonchev–Trinajstić information content (AvgIpc) is 3.13. The summed E-state index contributed by atoms with van der Waals surface area (Å²) in [7, 11) is -0.977. The van der Waals surface area contributed by atoms with Crippen molar-refractivity contribution in [3.8, 4) is 0 Å². The Labute approximate surface area is 231 Å². The Hall–Kier alpha value is -0.750. The van der Waals surface area contributed by atoms with Crippen LogP contribution in [0.1, 0.15) is 68.2 Å². The molecule has 0 radical (unpaired) electrons. The van der Waals surface area contributed by atoms with E-state index in [4.69, 9.17) is 0 Å². The summed E-state index contributed by atoms with van der Waals surface area (Å²) in [6.45, 7) is 24.1. The van der Waals surface area contributed by atoms with Gasteiger partial charge >= 0.3 is 0 Å². The van der Waals surface area contributed by atoms with Gasteiger partial charge < -0.3 is 0 Å². The molecule has 1 saturated heterocycles. The molecule has 0 amide bonds. The number of halogens is 2. The predicted molar refractivity (Wildman–Crippen MR) is 165 cm³/mol. The summed E-state index contributed by atoms with van der Waals surface area (Å²) in [5.74, 6) is 0.811. The molecule has 4 rings (SSSR count). The summed E-state index contributed by atoms with van der Waals surface area (Å²) >= 11 is 2.18. The molecule has 2 aromatic rings. The van der Waals surface area contributed by atoms with E-state index in [1.54, 1.807) is 24.3 Å². The molecule has 1 heterocycles. The minimum absolute atomic E-state index is 0.208. The molecule has 5 heteroatoms. The third kappa shape index (κ3) is 6.21. The lowest BCUT2D eigenvalue weighted by atomic mass is 9.86. The van der Waals surface area contributed by atoms with E-state index >= 15 is 0 Å². The van der Waals surface area contributed by atoms with Gasteiger partial charge in [0.25, 0.3) is 0 Å². The van der Waals surface area contributed by atoms with Crippen LogP contribution in [0.25, 0.3) is 0 Å². The van der Waals surface area contributed by atoms with Gasteiger partial charge in [-0.2, -0.15) is 11.8 Å². The van der Waals surface area contributed by atoms with Crippen molar-refractivity contribution in [3.05, 3.63) is 72.3 Å². The third-order valence-corrected chi connectivity index (χ3v) is 16.9. The van der Waals surface area contributed by atoms with E-state index < -0.39 is 7.92 Å². The average molecular weight is 561 g/mol. The first kappa shape index (κ1) is 29.2. The Morgan fingerprint density at radius 2 is 1.30 bits per heavy atom. The summed E-state index contributed by atoms with van der Waals surface area (Å²) in [5.41, 5.74) is 2.45. The van der Waals surface area contributed by atoms with Gasteiger partial charge in [-0.3, -0.25) is 0 Å². The maximum atomic E-state index is 13.9. The Bertz CT molecular complexity index is 1020. The maximum absolute atomic E-state index is 13.9. The van der Waals surface area contributed by atoms with Gasteiger partial charge in [0.1, 0.15) is 11.6 Å². The van der Waals surface area contributed by atoms with Crippen molar-refractivity contribution >= 4 is 38.2 Å². The van der Waals surface area contributed by atoms with Gasteiger partial charge in [-0.25, -0.2) is 8.78 Å². The molecule has 1 aliphatic carbocycles. The van der Waals surface area contributed by atoms with Gasteiger partial charge in [-0.1, -0.05) is 99.7 Å². The fraction of sp³-hybridized carbons (Fsp3) is 0.562. The fourth-order valence-electron chi connectivity index (χ4n) is 7.41. The van der Waals surface area contributed by atoms with Crippen LogP contribution in [0.15, 0.2) is 60.7 Å². The second-order valence-corrected chi connectivity index (χ2v) is 21.3. The summed E-state index contributed by atoms with van der Waals surface area (Å²) in [5, 5.41) is 4.22. The highest BCUT2D eigenvalue weighted by atomic mass is 32.2. The Morgan fingerprint density at radius 3 is 1.70 bits per heavy atom. The standard InChI is InChI=1S/C32H44F2P2S/c1-20-18-27(30-29(22(3)37-30)21(2)36(31(4,5)6)32(7,8)9)28(19-20)35(25-14-10-23(33)11-15-25)26-16-12-24(34)13-17-26/h10-17,21-22,27-30H,1,18-19H2,2-9H3. The molecule has 0 aromatic heterocycles. The van der Waals surface area contributed by atoms with Crippen LogP contribution in [0.2, 0.25) is 0 Å². The highest BCUT2D eigenvalue weighted by Crippen LogP contribution is 2.69. The molecule has 0 bridgehead atoms. The zero-order chi connectivity index (χ0) is 27.3. The van der Waals surface area contributed by atoms with Gasteiger partial charge in [0.15, 0.2) is 0 Å². The van der Waals surface area contributed by atoms with Crippen molar-refractivity contribution in [1.82, 2.24) is 0 Å². The van der Waals surface area contributed by atoms with E-state index in [0.29, 0.717) is 44.0 Å². The van der Waals surface area contributed by atoms with E-state index in [9.17, 15) is 8.78 Å². The van der Waals surface area contributed by atoms with Crippen LogP contribution in [0.4, 0.5) is 8.78 Å². The van der Waals surface area contributed by atoms with Crippen molar-refractivity contribution < 1.29 is 8.78 Å². The molecule has 0 N–H and O–H groups in total. The third-order valence-electron chi connectivity index (χ3n) is 8.18. The van der Waals surface area contributed by atoms with Crippen molar-refractivity contribution in [2.45, 2.75) is 100 Å².